The number of benzene rings is 1. The van der Waals surface area contributed by atoms with E-state index in [2.05, 4.69) is 5.32 Å². The highest BCUT2D eigenvalue weighted by Crippen LogP contribution is 2.39. The SMILES string of the molecule is CC(C)(NC(=O)c1c(N)cccc1Cl)C1CC1. The fourth-order valence-electron chi connectivity index (χ4n) is 2.04. The fourth-order valence-corrected chi connectivity index (χ4v) is 2.31. The molecule has 0 aromatic heterocycles. The molecule has 1 amide bonds. The molecule has 0 spiro atoms. The van der Waals surface area contributed by atoms with E-state index in [0.717, 1.165) is 0 Å². The highest BCUT2D eigenvalue weighted by atomic mass is 35.5. The van der Waals surface area contributed by atoms with Crippen molar-refractivity contribution in [2.24, 2.45) is 5.92 Å². The van der Waals surface area contributed by atoms with E-state index >= 15 is 0 Å². The van der Waals surface area contributed by atoms with Gasteiger partial charge in [0, 0.05) is 11.2 Å². The maximum Gasteiger partial charge on any atom is 0.255 e. The lowest BCUT2D eigenvalue weighted by Crippen LogP contribution is -2.45. The number of nitrogen functional groups attached to an aromatic ring is 1. The second-order valence-corrected chi connectivity index (χ2v) is 5.56. The number of carbonyl (C=O) groups is 1. The molecule has 0 heterocycles. The van der Waals surface area contributed by atoms with Gasteiger partial charge in [0.25, 0.3) is 5.91 Å². The van der Waals surface area contributed by atoms with Gasteiger partial charge in [-0.2, -0.15) is 0 Å². The number of halogens is 1. The summed E-state index contributed by atoms with van der Waals surface area (Å²) in [7, 11) is 0. The molecule has 0 saturated heterocycles. The Balaban J connectivity index is 2.20. The van der Waals surface area contributed by atoms with Crippen LogP contribution >= 0.6 is 11.6 Å². The average molecular weight is 253 g/mol. The lowest BCUT2D eigenvalue weighted by Gasteiger charge is -2.26. The summed E-state index contributed by atoms with van der Waals surface area (Å²) in [5.41, 5.74) is 6.39. The average Bonchev–Trinajstić information content (AvgIpc) is 2.98. The largest absolute Gasteiger partial charge is 0.398 e. The minimum Gasteiger partial charge on any atom is -0.398 e. The molecular weight excluding hydrogens is 236 g/mol. The van der Waals surface area contributed by atoms with Gasteiger partial charge in [0.2, 0.25) is 0 Å². The first-order chi connectivity index (χ1) is 7.92. The summed E-state index contributed by atoms with van der Waals surface area (Å²) in [4.78, 5) is 12.2. The molecule has 0 atom stereocenters. The quantitative estimate of drug-likeness (QED) is 0.813. The maximum atomic E-state index is 12.2. The second kappa shape index (κ2) is 4.22. The van der Waals surface area contributed by atoms with Gasteiger partial charge in [-0.1, -0.05) is 17.7 Å². The minimum absolute atomic E-state index is 0.190. The van der Waals surface area contributed by atoms with Gasteiger partial charge in [0.1, 0.15) is 0 Å². The third-order valence-corrected chi connectivity index (χ3v) is 3.62. The molecule has 1 aromatic carbocycles. The van der Waals surface area contributed by atoms with Crippen molar-refractivity contribution in [2.75, 3.05) is 5.73 Å². The first kappa shape index (κ1) is 12.2. The van der Waals surface area contributed by atoms with E-state index in [1.165, 1.54) is 12.8 Å². The highest BCUT2D eigenvalue weighted by molar-refractivity contribution is 6.34. The zero-order chi connectivity index (χ0) is 12.6. The number of anilines is 1. The number of hydrogen-bond acceptors (Lipinski definition) is 2. The Hall–Kier alpha value is -1.22. The van der Waals surface area contributed by atoms with Crippen molar-refractivity contribution in [1.29, 1.82) is 0 Å². The van der Waals surface area contributed by atoms with Crippen LogP contribution in [0.5, 0.6) is 0 Å². The van der Waals surface area contributed by atoms with Gasteiger partial charge in [-0.05, 0) is 44.7 Å². The predicted molar refractivity (Wildman–Crippen MR) is 70.1 cm³/mol. The zero-order valence-electron chi connectivity index (χ0n) is 10.1. The van der Waals surface area contributed by atoms with E-state index in [1.54, 1.807) is 18.2 Å². The van der Waals surface area contributed by atoms with Crippen molar-refractivity contribution in [3.63, 3.8) is 0 Å². The van der Waals surface area contributed by atoms with Gasteiger partial charge in [-0.3, -0.25) is 4.79 Å². The topological polar surface area (TPSA) is 55.1 Å². The van der Waals surface area contributed by atoms with E-state index in [1.807, 2.05) is 13.8 Å². The molecule has 1 aliphatic rings. The Labute approximate surface area is 106 Å². The molecule has 92 valence electrons. The standard InChI is InChI=1S/C13H17ClN2O/c1-13(2,8-6-7-8)16-12(17)11-9(14)4-3-5-10(11)15/h3-5,8H,6-7,15H2,1-2H3,(H,16,17). The molecule has 1 aromatic rings. The van der Waals surface area contributed by atoms with Gasteiger partial charge >= 0.3 is 0 Å². The number of nitrogens with two attached hydrogens (primary N) is 1. The van der Waals surface area contributed by atoms with Crippen molar-refractivity contribution in [3.05, 3.63) is 28.8 Å². The zero-order valence-corrected chi connectivity index (χ0v) is 10.8. The molecular formula is C13H17ClN2O. The van der Waals surface area contributed by atoms with Gasteiger partial charge < -0.3 is 11.1 Å². The van der Waals surface area contributed by atoms with Crippen LogP contribution < -0.4 is 11.1 Å². The highest BCUT2D eigenvalue weighted by Gasteiger charge is 2.39. The monoisotopic (exact) mass is 252 g/mol. The molecule has 1 aliphatic carbocycles. The van der Waals surface area contributed by atoms with Gasteiger partial charge in [0.05, 0.1) is 10.6 Å². The summed E-state index contributed by atoms with van der Waals surface area (Å²) in [5, 5.41) is 3.41. The van der Waals surface area contributed by atoms with Crippen molar-refractivity contribution in [1.82, 2.24) is 5.32 Å². The van der Waals surface area contributed by atoms with Crippen molar-refractivity contribution in [2.45, 2.75) is 32.2 Å². The Kier molecular flexibility index (Phi) is 3.04. The summed E-state index contributed by atoms with van der Waals surface area (Å²) in [5.74, 6) is 0.375. The summed E-state index contributed by atoms with van der Waals surface area (Å²) in [6.07, 6.45) is 2.34. The molecule has 3 nitrogen and oxygen atoms in total. The summed E-state index contributed by atoms with van der Waals surface area (Å²) >= 11 is 6.01. The van der Waals surface area contributed by atoms with Crippen LogP contribution in [0.4, 0.5) is 5.69 Å². The van der Waals surface area contributed by atoms with Crippen LogP contribution in [0.2, 0.25) is 5.02 Å². The third kappa shape index (κ3) is 2.55. The van der Waals surface area contributed by atoms with E-state index in [0.29, 0.717) is 22.2 Å². The lowest BCUT2D eigenvalue weighted by atomic mass is 9.98. The molecule has 3 N–H and O–H groups in total. The molecule has 1 saturated carbocycles. The number of nitrogens with one attached hydrogen (secondary N) is 1. The Morgan fingerprint density at radius 2 is 2.12 bits per heavy atom. The first-order valence-electron chi connectivity index (χ1n) is 5.78. The van der Waals surface area contributed by atoms with Crippen LogP contribution in [-0.4, -0.2) is 11.4 Å². The molecule has 0 unspecified atom stereocenters. The molecule has 1 fully saturated rings. The Morgan fingerprint density at radius 3 is 2.65 bits per heavy atom. The second-order valence-electron chi connectivity index (χ2n) is 5.15. The Bertz CT molecular complexity index is 432. The van der Waals surface area contributed by atoms with Crippen molar-refractivity contribution >= 4 is 23.2 Å². The van der Waals surface area contributed by atoms with Crippen LogP contribution in [0.3, 0.4) is 0 Å². The molecule has 4 heteroatoms. The summed E-state index contributed by atoms with van der Waals surface area (Å²) < 4.78 is 0. The number of amides is 1. The third-order valence-electron chi connectivity index (χ3n) is 3.31. The molecule has 2 rings (SSSR count). The number of rotatable bonds is 3. The van der Waals surface area contributed by atoms with Crippen molar-refractivity contribution in [3.8, 4) is 0 Å². The first-order valence-corrected chi connectivity index (χ1v) is 6.16. The lowest BCUT2D eigenvalue weighted by molar-refractivity contribution is 0.0904. The van der Waals surface area contributed by atoms with Crippen LogP contribution in [0, 0.1) is 5.92 Å². The van der Waals surface area contributed by atoms with E-state index in [9.17, 15) is 4.79 Å². The minimum atomic E-state index is -0.192. The van der Waals surface area contributed by atoms with Gasteiger partial charge in [0.15, 0.2) is 0 Å². The smallest absolute Gasteiger partial charge is 0.255 e. The van der Waals surface area contributed by atoms with Crippen molar-refractivity contribution < 1.29 is 4.79 Å². The van der Waals surface area contributed by atoms with Gasteiger partial charge in [-0.25, -0.2) is 0 Å². The van der Waals surface area contributed by atoms with Crippen LogP contribution in [0.25, 0.3) is 0 Å². The van der Waals surface area contributed by atoms with E-state index in [4.69, 9.17) is 17.3 Å². The molecule has 0 radical (unpaired) electrons. The molecule has 0 aliphatic heterocycles. The van der Waals surface area contributed by atoms with E-state index < -0.39 is 0 Å². The predicted octanol–water partition coefficient (Wildman–Crippen LogP) is 2.84. The maximum absolute atomic E-state index is 12.2. The van der Waals surface area contributed by atoms with Gasteiger partial charge in [-0.15, -0.1) is 0 Å². The number of hydrogen-bond donors (Lipinski definition) is 2. The molecule has 17 heavy (non-hydrogen) atoms. The number of carbonyl (C=O) groups excluding carboxylic acids is 1. The Morgan fingerprint density at radius 1 is 1.47 bits per heavy atom. The van der Waals surface area contributed by atoms with E-state index in [-0.39, 0.29) is 11.4 Å². The fraction of sp³-hybridized carbons (Fsp3) is 0.462. The van der Waals surface area contributed by atoms with Crippen LogP contribution in [0.1, 0.15) is 37.0 Å². The molecule has 0 bridgehead atoms. The summed E-state index contributed by atoms with van der Waals surface area (Å²) in [6.45, 7) is 4.07. The normalized spacial score (nSPS) is 15.7. The van der Waals surface area contributed by atoms with Crippen LogP contribution in [0.15, 0.2) is 18.2 Å². The summed E-state index contributed by atoms with van der Waals surface area (Å²) in [6, 6.07) is 5.10. The van der Waals surface area contributed by atoms with Crippen LogP contribution in [-0.2, 0) is 0 Å².